The molecular weight excluding hydrogens is 321 g/mol. The van der Waals surface area contributed by atoms with Crippen LogP contribution in [0.1, 0.15) is 0 Å². The number of benzene rings is 1. The monoisotopic (exact) mass is 329 g/mol. The fourth-order valence-electron chi connectivity index (χ4n) is 1.54. The summed E-state index contributed by atoms with van der Waals surface area (Å²) in [5.41, 5.74) is 5.74. The number of ether oxygens (including phenoxy) is 2. The minimum absolute atomic E-state index is 0.00332. The number of non-ortho nitro benzene ring substituents is 1. The molecule has 0 saturated carbocycles. The molecule has 0 aliphatic heterocycles. The van der Waals surface area contributed by atoms with Crippen molar-refractivity contribution >= 4 is 34.6 Å². The molecule has 2 aromatic rings. The lowest BCUT2D eigenvalue weighted by Gasteiger charge is -2.10. The number of nitrogens with zero attached hydrogens (tertiary/aromatic N) is 2. The molecule has 0 unspecified atom stereocenters. The normalized spacial score (nSPS) is 10.2. The molecule has 0 fully saturated rings. The molecule has 1 heterocycles. The van der Waals surface area contributed by atoms with Crippen LogP contribution in [0.4, 0.5) is 11.4 Å². The molecule has 0 aliphatic rings. The van der Waals surface area contributed by atoms with Crippen molar-refractivity contribution in [3.8, 4) is 17.4 Å². The van der Waals surface area contributed by atoms with E-state index >= 15 is 0 Å². The summed E-state index contributed by atoms with van der Waals surface area (Å²) in [6.07, 6.45) is 1.36. The number of rotatable bonds is 4. The number of hydrogen-bond acceptors (Lipinski definition) is 6. The van der Waals surface area contributed by atoms with Gasteiger partial charge in [0.15, 0.2) is 5.75 Å². The van der Waals surface area contributed by atoms with Crippen molar-refractivity contribution in [1.29, 1.82) is 0 Å². The minimum Gasteiger partial charge on any atom is -0.480 e. The number of nitro groups is 1. The van der Waals surface area contributed by atoms with E-state index in [1.165, 1.54) is 19.4 Å². The smallest absolute Gasteiger partial charge is 0.272 e. The minimum atomic E-state index is -0.603. The molecule has 0 atom stereocenters. The van der Waals surface area contributed by atoms with Gasteiger partial charge in [-0.2, -0.15) is 0 Å². The SMILES string of the molecule is COc1ncc(Oc2c(Cl)cc([N+](=O)[O-])cc2Cl)cc1N. The Kier molecular flexibility index (Phi) is 4.35. The van der Waals surface area contributed by atoms with Gasteiger partial charge in [-0.3, -0.25) is 10.1 Å². The second-order valence-corrected chi connectivity index (χ2v) is 4.68. The maximum absolute atomic E-state index is 10.7. The van der Waals surface area contributed by atoms with Gasteiger partial charge in [-0.25, -0.2) is 4.98 Å². The van der Waals surface area contributed by atoms with Gasteiger partial charge < -0.3 is 15.2 Å². The summed E-state index contributed by atoms with van der Waals surface area (Å²) in [6, 6.07) is 3.76. The molecule has 7 nitrogen and oxygen atoms in total. The van der Waals surface area contributed by atoms with Gasteiger partial charge in [0.1, 0.15) is 5.75 Å². The van der Waals surface area contributed by atoms with Crippen LogP contribution in [0.15, 0.2) is 24.4 Å². The quantitative estimate of drug-likeness (QED) is 0.678. The van der Waals surface area contributed by atoms with Crippen LogP contribution in [-0.4, -0.2) is 17.0 Å². The van der Waals surface area contributed by atoms with Crippen molar-refractivity contribution in [2.75, 3.05) is 12.8 Å². The molecule has 21 heavy (non-hydrogen) atoms. The Labute approximate surface area is 129 Å². The first-order valence-corrected chi connectivity index (χ1v) is 6.28. The lowest BCUT2D eigenvalue weighted by molar-refractivity contribution is -0.384. The average Bonchev–Trinajstić information content (AvgIpc) is 2.42. The molecular formula is C12H9Cl2N3O4. The Balaban J connectivity index is 2.35. The van der Waals surface area contributed by atoms with E-state index < -0.39 is 4.92 Å². The fourth-order valence-corrected chi connectivity index (χ4v) is 2.10. The average molecular weight is 330 g/mol. The molecule has 2 N–H and O–H groups in total. The highest BCUT2D eigenvalue weighted by Crippen LogP contribution is 2.39. The van der Waals surface area contributed by atoms with Crippen molar-refractivity contribution < 1.29 is 14.4 Å². The summed E-state index contributed by atoms with van der Waals surface area (Å²) in [7, 11) is 1.43. The third-order valence-corrected chi connectivity index (χ3v) is 3.02. The number of nitrogen functional groups attached to an aromatic ring is 1. The standard InChI is InChI=1S/C12H9Cl2N3O4/c1-20-12-10(15)4-7(5-16-12)21-11-8(13)2-6(17(18)19)3-9(11)14/h2-5H,15H2,1H3. The summed E-state index contributed by atoms with van der Waals surface area (Å²) in [5, 5.41) is 10.7. The van der Waals surface area contributed by atoms with Gasteiger partial charge in [-0.15, -0.1) is 0 Å². The molecule has 2 rings (SSSR count). The predicted octanol–water partition coefficient (Wildman–Crippen LogP) is 3.68. The van der Waals surface area contributed by atoms with E-state index in [-0.39, 0.29) is 38.8 Å². The number of halogens is 2. The number of hydrogen-bond donors (Lipinski definition) is 1. The third kappa shape index (κ3) is 3.26. The Morgan fingerprint density at radius 3 is 2.38 bits per heavy atom. The highest BCUT2D eigenvalue weighted by molar-refractivity contribution is 6.37. The maximum atomic E-state index is 10.7. The molecule has 1 aromatic heterocycles. The summed E-state index contributed by atoms with van der Waals surface area (Å²) < 4.78 is 10.4. The number of methoxy groups -OCH3 is 1. The number of aromatic nitrogens is 1. The molecule has 0 spiro atoms. The second kappa shape index (κ2) is 6.02. The van der Waals surface area contributed by atoms with Gasteiger partial charge in [0.2, 0.25) is 5.88 Å². The predicted molar refractivity (Wildman–Crippen MR) is 78.4 cm³/mol. The molecule has 110 valence electrons. The number of nitro benzene ring substituents is 1. The van der Waals surface area contributed by atoms with Crippen LogP contribution < -0.4 is 15.2 Å². The Morgan fingerprint density at radius 1 is 1.29 bits per heavy atom. The lowest BCUT2D eigenvalue weighted by atomic mass is 10.3. The van der Waals surface area contributed by atoms with Crippen molar-refractivity contribution in [2.45, 2.75) is 0 Å². The molecule has 1 aromatic carbocycles. The van der Waals surface area contributed by atoms with E-state index in [0.717, 1.165) is 12.1 Å². The zero-order valence-corrected chi connectivity index (χ0v) is 12.2. The fraction of sp³-hybridized carbons (Fsp3) is 0.0833. The second-order valence-electron chi connectivity index (χ2n) is 3.87. The lowest BCUT2D eigenvalue weighted by Crippen LogP contribution is -1.97. The summed E-state index contributed by atoms with van der Waals surface area (Å²) >= 11 is 11.9. The molecule has 0 amide bonds. The molecule has 0 radical (unpaired) electrons. The number of pyridine rings is 1. The topological polar surface area (TPSA) is 101 Å². The molecule has 0 saturated heterocycles. The summed E-state index contributed by atoms with van der Waals surface area (Å²) in [6.45, 7) is 0. The zero-order valence-electron chi connectivity index (χ0n) is 10.7. The first kappa shape index (κ1) is 15.1. The van der Waals surface area contributed by atoms with Gasteiger partial charge >= 0.3 is 0 Å². The van der Waals surface area contributed by atoms with Crippen LogP contribution in [-0.2, 0) is 0 Å². The highest BCUT2D eigenvalue weighted by atomic mass is 35.5. The van der Waals surface area contributed by atoms with Gasteiger partial charge in [0, 0.05) is 18.2 Å². The first-order chi connectivity index (χ1) is 9.92. The van der Waals surface area contributed by atoms with Gasteiger partial charge in [-0.05, 0) is 0 Å². The Bertz CT molecular complexity index is 686. The van der Waals surface area contributed by atoms with E-state index in [1.54, 1.807) is 0 Å². The van der Waals surface area contributed by atoms with E-state index in [0.29, 0.717) is 0 Å². The van der Waals surface area contributed by atoms with E-state index in [2.05, 4.69) is 4.98 Å². The van der Waals surface area contributed by atoms with Crippen molar-refractivity contribution in [3.63, 3.8) is 0 Å². The van der Waals surface area contributed by atoms with Crippen LogP contribution >= 0.6 is 23.2 Å². The van der Waals surface area contributed by atoms with E-state index in [4.69, 9.17) is 38.4 Å². The van der Waals surface area contributed by atoms with Crippen molar-refractivity contribution in [2.24, 2.45) is 0 Å². The maximum Gasteiger partial charge on any atom is 0.272 e. The number of anilines is 1. The third-order valence-electron chi connectivity index (χ3n) is 2.46. The molecule has 9 heteroatoms. The first-order valence-electron chi connectivity index (χ1n) is 5.53. The molecule has 0 aliphatic carbocycles. The summed E-state index contributed by atoms with van der Waals surface area (Å²) in [5.74, 6) is 0.601. The van der Waals surface area contributed by atoms with E-state index in [9.17, 15) is 10.1 Å². The van der Waals surface area contributed by atoms with Gasteiger partial charge in [0.05, 0.1) is 34.0 Å². The van der Waals surface area contributed by atoms with Crippen LogP contribution in [0.3, 0.4) is 0 Å². The summed E-state index contributed by atoms with van der Waals surface area (Å²) in [4.78, 5) is 14.0. The Hall–Kier alpha value is -2.25. The zero-order chi connectivity index (χ0) is 15.6. The van der Waals surface area contributed by atoms with Crippen LogP contribution in [0.5, 0.6) is 17.4 Å². The van der Waals surface area contributed by atoms with Crippen molar-refractivity contribution in [3.05, 3.63) is 44.6 Å². The largest absolute Gasteiger partial charge is 0.480 e. The van der Waals surface area contributed by atoms with Crippen LogP contribution in [0, 0.1) is 10.1 Å². The van der Waals surface area contributed by atoms with Crippen molar-refractivity contribution in [1.82, 2.24) is 4.98 Å². The number of nitrogens with two attached hydrogens (primary N) is 1. The van der Waals surface area contributed by atoms with Crippen LogP contribution in [0.2, 0.25) is 10.0 Å². The van der Waals surface area contributed by atoms with E-state index in [1.807, 2.05) is 0 Å². The van der Waals surface area contributed by atoms with Gasteiger partial charge in [-0.1, -0.05) is 23.2 Å². The van der Waals surface area contributed by atoms with Crippen LogP contribution in [0.25, 0.3) is 0 Å². The highest BCUT2D eigenvalue weighted by Gasteiger charge is 2.17. The molecule has 0 bridgehead atoms. The Morgan fingerprint density at radius 2 is 1.90 bits per heavy atom. The van der Waals surface area contributed by atoms with Gasteiger partial charge in [0.25, 0.3) is 5.69 Å².